The SMILES string of the molecule is C=CCNC(=O)C(=O)N/N=C\c1ccc(OCc2ccc(C(=O)[O-])cc2)c(OC)c1. The molecule has 0 aliphatic heterocycles. The molecule has 0 heterocycles. The number of nitrogens with zero attached hydrogens (tertiary/aromatic N) is 1. The van der Waals surface area contributed by atoms with Crippen LogP contribution in [0.5, 0.6) is 11.5 Å². The van der Waals surface area contributed by atoms with Gasteiger partial charge in [-0.2, -0.15) is 5.10 Å². The molecule has 2 aromatic carbocycles. The standard InChI is InChI=1S/C21H21N3O6/c1-3-10-22-19(25)20(26)24-23-12-15-6-9-17(18(11-15)29-2)30-13-14-4-7-16(8-5-14)21(27)28/h3-9,11-12H,1,10,13H2,2H3,(H,22,25)(H,24,26)(H,27,28)/p-1/b23-12-. The predicted molar refractivity (Wildman–Crippen MR) is 107 cm³/mol. The molecule has 156 valence electrons. The Kier molecular flexibility index (Phi) is 8.13. The van der Waals surface area contributed by atoms with E-state index in [4.69, 9.17) is 9.47 Å². The Balaban J connectivity index is 1.96. The number of ether oxygens (including phenoxy) is 2. The largest absolute Gasteiger partial charge is 0.545 e. The van der Waals surface area contributed by atoms with Crippen LogP contribution in [-0.2, 0) is 16.2 Å². The molecule has 0 aliphatic carbocycles. The molecule has 0 unspecified atom stereocenters. The van der Waals surface area contributed by atoms with Gasteiger partial charge in [0.05, 0.1) is 19.3 Å². The lowest BCUT2D eigenvalue weighted by atomic mass is 10.1. The third kappa shape index (κ3) is 6.48. The molecule has 0 bridgehead atoms. The van der Waals surface area contributed by atoms with Crippen LogP contribution in [0.3, 0.4) is 0 Å². The molecule has 0 aromatic heterocycles. The Labute approximate surface area is 173 Å². The molecule has 0 aliphatic rings. The minimum Gasteiger partial charge on any atom is -0.545 e. The second-order valence-electron chi connectivity index (χ2n) is 5.88. The Morgan fingerprint density at radius 1 is 1.10 bits per heavy atom. The van der Waals surface area contributed by atoms with Crippen molar-refractivity contribution < 1.29 is 29.0 Å². The predicted octanol–water partition coefficient (Wildman–Crippen LogP) is 0.390. The normalized spacial score (nSPS) is 10.3. The lowest BCUT2D eigenvalue weighted by Gasteiger charge is -2.12. The second kappa shape index (κ2) is 11.0. The number of carbonyl (C=O) groups excluding carboxylic acids is 3. The molecular weight excluding hydrogens is 390 g/mol. The van der Waals surface area contributed by atoms with Crippen LogP contribution < -0.4 is 25.3 Å². The van der Waals surface area contributed by atoms with E-state index in [2.05, 4.69) is 22.4 Å². The van der Waals surface area contributed by atoms with E-state index in [-0.39, 0.29) is 18.7 Å². The summed E-state index contributed by atoms with van der Waals surface area (Å²) in [7, 11) is 1.48. The van der Waals surface area contributed by atoms with Gasteiger partial charge in [0.25, 0.3) is 0 Å². The zero-order chi connectivity index (χ0) is 21.9. The third-order valence-corrected chi connectivity index (χ3v) is 3.76. The molecule has 0 saturated heterocycles. The molecule has 9 nitrogen and oxygen atoms in total. The molecule has 0 radical (unpaired) electrons. The van der Waals surface area contributed by atoms with E-state index in [1.165, 1.54) is 31.5 Å². The summed E-state index contributed by atoms with van der Waals surface area (Å²) >= 11 is 0. The zero-order valence-corrected chi connectivity index (χ0v) is 16.2. The minimum absolute atomic E-state index is 0.0882. The van der Waals surface area contributed by atoms with Crippen LogP contribution in [0.15, 0.2) is 60.2 Å². The van der Waals surface area contributed by atoms with E-state index in [1.807, 2.05) is 0 Å². The summed E-state index contributed by atoms with van der Waals surface area (Å²) in [4.78, 5) is 33.7. The highest BCUT2D eigenvalue weighted by Gasteiger charge is 2.11. The van der Waals surface area contributed by atoms with E-state index >= 15 is 0 Å². The van der Waals surface area contributed by atoms with Gasteiger partial charge >= 0.3 is 11.8 Å². The summed E-state index contributed by atoms with van der Waals surface area (Å²) in [5.41, 5.74) is 3.57. The van der Waals surface area contributed by atoms with Crippen molar-refractivity contribution in [1.82, 2.24) is 10.7 Å². The third-order valence-electron chi connectivity index (χ3n) is 3.76. The van der Waals surface area contributed by atoms with E-state index in [0.717, 1.165) is 5.56 Å². The molecule has 0 saturated carbocycles. The Morgan fingerprint density at radius 3 is 2.47 bits per heavy atom. The average Bonchev–Trinajstić information content (AvgIpc) is 2.76. The van der Waals surface area contributed by atoms with Gasteiger partial charge in [0.1, 0.15) is 6.61 Å². The summed E-state index contributed by atoms with van der Waals surface area (Å²) in [6.07, 6.45) is 2.80. The highest BCUT2D eigenvalue weighted by atomic mass is 16.5. The number of hydrogen-bond donors (Lipinski definition) is 2. The molecule has 30 heavy (non-hydrogen) atoms. The van der Waals surface area contributed by atoms with Crippen LogP contribution in [-0.4, -0.2) is 37.7 Å². The maximum Gasteiger partial charge on any atom is 0.329 e. The molecule has 0 atom stereocenters. The number of hydrogen-bond acceptors (Lipinski definition) is 7. The number of methoxy groups -OCH3 is 1. The lowest BCUT2D eigenvalue weighted by Crippen LogP contribution is -2.37. The first-order valence-corrected chi connectivity index (χ1v) is 8.78. The number of hydrazone groups is 1. The van der Waals surface area contributed by atoms with E-state index in [9.17, 15) is 19.5 Å². The number of benzene rings is 2. The smallest absolute Gasteiger partial charge is 0.329 e. The number of rotatable bonds is 9. The molecule has 2 amide bonds. The van der Waals surface area contributed by atoms with Crippen LogP contribution in [0.25, 0.3) is 0 Å². The summed E-state index contributed by atoms with van der Waals surface area (Å²) in [6.45, 7) is 3.81. The monoisotopic (exact) mass is 410 g/mol. The van der Waals surface area contributed by atoms with Crippen molar-refractivity contribution >= 4 is 24.0 Å². The van der Waals surface area contributed by atoms with Crippen LogP contribution in [0.4, 0.5) is 0 Å². The van der Waals surface area contributed by atoms with Gasteiger partial charge in [-0.3, -0.25) is 9.59 Å². The van der Waals surface area contributed by atoms with Crippen LogP contribution in [0.2, 0.25) is 0 Å². The second-order valence-corrected chi connectivity index (χ2v) is 5.88. The van der Waals surface area contributed by atoms with E-state index in [0.29, 0.717) is 17.1 Å². The van der Waals surface area contributed by atoms with Crippen molar-refractivity contribution in [3.8, 4) is 11.5 Å². The maximum atomic E-state index is 11.5. The van der Waals surface area contributed by atoms with Crippen LogP contribution >= 0.6 is 0 Å². The molecule has 2 rings (SSSR count). The summed E-state index contributed by atoms with van der Waals surface area (Å²) in [5.74, 6) is -2.06. The van der Waals surface area contributed by atoms with Crippen molar-refractivity contribution in [3.63, 3.8) is 0 Å². The van der Waals surface area contributed by atoms with Crippen molar-refractivity contribution in [2.45, 2.75) is 6.61 Å². The first kappa shape index (κ1) is 22.2. The Bertz CT molecular complexity index is 954. The molecule has 0 spiro atoms. The fourth-order valence-electron chi connectivity index (χ4n) is 2.24. The number of aromatic carboxylic acids is 1. The number of carbonyl (C=O) groups is 3. The van der Waals surface area contributed by atoms with E-state index < -0.39 is 17.8 Å². The van der Waals surface area contributed by atoms with E-state index in [1.54, 1.807) is 30.3 Å². The topological polar surface area (TPSA) is 129 Å². The molecule has 0 fully saturated rings. The Hall–Kier alpha value is -4.14. The number of carboxylic acid groups (broad SMARTS) is 1. The molecule has 9 heteroatoms. The van der Waals surface area contributed by atoms with Crippen molar-refractivity contribution in [2.75, 3.05) is 13.7 Å². The highest BCUT2D eigenvalue weighted by Crippen LogP contribution is 2.28. The summed E-state index contributed by atoms with van der Waals surface area (Å²) < 4.78 is 11.0. The number of nitrogens with one attached hydrogen (secondary N) is 2. The van der Waals surface area contributed by atoms with Gasteiger partial charge < -0.3 is 24.7 Å². The van der Waals surface area contributed by atoms with Gasteiger partial charge in [-0.25, -0.2) is 5.43 Å². The molecular formula is C21H20N3O6-. The number of amides is 2. The van der Waals surface area contributed by atoms with Crippen molar-refractivity contribution in [2.24, 2.45) is 5.10 Å². The van der Waals surface area contributed by atoms with Gasteiger partial charge in [0.2, 0.25) is 0 Å². The minimum atomic E-state index is -1.24. The quantitative estimate of drug-likeness (QED) is 0.266. The first-order chi connectivity index (χ1) is 14.4. The fourth-order valence-corrected chi connectivity index (χ4v) is 2.24. The molecule has 2 N–H and O–H groups in total. The zero-order valence-electron chi connectivity index (χ0n) is 16.2. The van der Waals surface area contributed by atoms with Gasteiger partial charge in [0.15, 0.2) is 11.5 Å². The highest BCUT2D eigenvalue weighted by molar-refractivity contribution is 6.35. The average molecular weight is 410 g/mol. The molecule has 2 aromatic rings. The Morgan fingerprint density at radius 2 is 1.83 bits per heavy atom. The van der Waals surface area contributed by atoms with Crippen LogP contribution in [0.1, 0.15) is 21.5 Å². The first-order valence-electron chi connectivity index (χ1n) is 8.78. The van der Waals surface area contributed by atoms with Gasteiger partial charge in [-0.15, -0.1) is 6.58 Å². The van der Waals surface area contributed by atoms with Gasteiger partial charge in [0, 0.05) is 6.54 Å². The number of carboxylic acids is 1. The van der Waals surface area contributed by atoms with Crippen molar-refractivity contribution in [3.05, 3.63) is 71.8 Å². The maximum absolute atomic E-state index is 11.5. The van der Waals surface area contributed by atoms with Gasteiger partial charge in [-0.05, 0) is 34.9 Å². The lowest BCUT2D eigenvalue weighted by molar-refractivity contribution is -0.255. The van der Waals surface area contributed by atoms with Crippen LogP contribution in [0, 0.1) is 0 Å². The van der Waals surface area contributed by atoms with Gasteiger partial charge in [-0.1, -0.05) is 30.3 Å². The summed E-state index contributed by atoms with van der Waals surface area (Å²) in [5, 5.41) is 16.8. The summed E-state index contributed by atoms with van der Waals surface area (Å²) in [6, 6.07) is 11.1. The van der Waals surface area contributed by atoms with Crippen molar-refractivity contribution in [1.29, 1.82) is 0 Å². The fraction of sp³-hybridized carbons (Fsp3) is 0.143.